The van der Waals surface area contributed by atoms with Gasteiger partial charge in [0, 0.05) is 18.7 Å². The number of nitrogens with one attached hydrogen (secondary N) is 2. The lowest BCUT2D eigenvalue weighted by Gasteiger charge is -2.17. The number of carbonyl (C=O) groups is 2. The number of amides is 2. The van der Waals surface area contributed by atoms with E-state index in [0.717, 1.165) is 0 Å². The molecule has 2 N–H and O–H groups in total. The van der Waals surface area contributed by atoms with Gasteiger partial charge in [0.05, 0.1) is 6.04 Å². The molecule has 2 aromatic heterocycles. The van der Waals surface area contributed by atoms with E-state index in [2.05, 4.69) is 30.6 Å². The first kappa shape index (κ1) is 23.0. The van der Waals surface area contributed by atoms with Crippen molar-refractivity contribution in [1.82, 2.24) is 20.5 Å². The maximum Gasteiger partial charge on any atom is 0.340 e. The third kappa shape index (κ3) is 6.09. The molecule has 1 unspecified atom stereocenters. The molecule has 0 radical (unpaired) electrons. The van der Waals surface area contributed by atoms with Gasteiger partial charge in [0.15, 0.2) is 12.3 Å². The largest absolute Gasteiger partial charge is 0.470 e. The van der Waals surface area contributed by atoms with Crippen molar-refractivity contribution in [1.29, 1.82) is 0 Å². The number of alkyl halides is 4. The van der Waals surface area contributed by atoms with E-state index in [1.54, 1.807) is 19.1 Å². The normalized spacial score (nSPS) is 12.4. The highest BCUT2D eigenvalue weighted by Crippen LogP contribution is 2.25. The van der Waals surface area contributed by atoms with E-state index < -0.39 is 30.9 Å². The second kappa shape index (κ2) is 9.46. The molecule has 0 saturated heterocycles. The van der Waals surface area contributed by atoms with Crippen molar-refractivity contribution in [2.45, 2.75) is 39.2 Å². The molecule has 0 spiro atoms. The van der Waals surface area contributed by atoms with Crippen molar-refractivity contribution >= 4 is 17.6 Å². The topological polar surface area (TPSA) is 106 Å². The van der Waals surface area contributed by atoms with E-state index in [-0.39, 0.29) is 23.0 Å². The highest BCUT2D eigenvalue weighted by Gasteiger charge is 2.42. The number of pyridine rings is 1. The van der Waals surface area contributed by atoms with E-state index >= 15 is 0 Å². The summed E-state index contributed by atoms with van der Waals surface area (Å²) in [5.41, 5.74) is 0.703. The van der Waals surface area contributed by atoms with Gasteiger partial charge in [0.25, 0.3) is 5.91 Å². The van der Waals surface area contributed by atoms with Crippen LogP contribution < -0.4 is 15.4 Å². The van der Waals surface area contributed by atoms with Gasteiger partial charge in [0.1, 0.15) is 5.82 Å². The zero-order valence-electron chi connectivity index (χ0n) is 16.2. The van der Waals surface area contributed by atoms with Gasteiger partial charge in [-0.15, -0.1) is 10.2 Å². The first-order valence-electron chi connectivity index (χ1n) is 8.67. The summed E-state index contributed by atoms with van der Waals surface area (Å²) in [5.74, 6) is -5.30. The number of rotatable bonds is 8. The number of hydrogen-bond acceptors (Lipinski definition) is 6. The van der Waals surface area contributed by atoms with Gasteiger partial charge in [-0.3, -0.25) is 9.59 Å². The average molecular weight is 429 g/mol. The molecule has 0 fully saturated rings. The Bertz CT molecular complexity index is 926. The molecule has 162 valence electrons. The molecular formula is C18H19F4N5O3. The lowest BCUT2D eigenvalue weighted by Crippen LogP contribution is -2.34. The molecule has 8 nitrogen and oxygen atoms in total. The highest BCUT2D eigenvalue weighted by atomic mass is 19.3. The number of ether oxygens (including phenoxy) is 1. The van der Waals surface area contributed by atoms with Gasteiger partial charge in [-0.05, 0) is 37.6 Å². The minimum Gasteiger partial charge on any atom is -0.470 e. The van der Waals surface area contributed by atoms with E-state index in [1.807, 2.05) is 0 Å². The summed E-state index contributed by atoms with van der Waals surface area (Å²) in [7, 11) is 0. The molecule has 30 heavy (non-hydrogen) atoms. The summed E-state index contributed by atoms with van der Waals surface area (Å²) in [6, 6.07) is 3.98. The second-order valence-electron chi connectivity index (χ2n) is 6.42. The third-order valence-electron chi connectivity index (χ3n) is 3.83. The fraction of sp³-hybridized carbons (Fsp3) is 0.389. The first-order valence-corrected chi connectivity index (χ1v) is 8.67. The summed E-state index contributed by atoms with van der Waals surface area (Å²) >= 11 is 0. The van der Waals surface area contributed by atoms with E-state index in [0.29, 0.717) is 11.4 Å². The lowest BCUT2D eigenvalue weighted by atomic mass is 10.1. The van der Waals surface area contributed by atoms with Crippen molar-refractivity contribution in [2.24, 2.45) is 0 Å². The van der Waals surface area contributed by atoms with Gasteiger partial charge in [-0.2, -0.15) is 8.78 Å². The summed E-state index contributed by atoms with van der Waals surface area (Å²) in [4.78, 5) is 27.5. The Labute approximate surface area is 169 Å². The molecule has 0 aromatic carbocycles. The van der Waals surface area contributed by atoms with E-state index in [4.69, 9.17) is 0 Å². The molecule has 0 bridgehead atoms. The monoisotopic (exact) mass is 429 g/mol. The number of nitrogens with zero attached hydrogens (tertiary/aromatic N) is 3. The first-order chi connectivity index (χ1) is 14.0. The van der Waals surface area contributed by atoms with Crippen LogP contribution in [-0.2, 0) is 4.79 Å². The van der Waals surface area contributed by atoms with Crippen LogP contribution in [0.25, 0.3) is 0 Å². The smallest absolute Gasteiger partial charge is 0.340 e. The van der Waals surface area contributed by atoms with Crippen LogP contribution in [-0.4, -0.2) is 46.0 Å². The SMILES string of the molecule is CC(=O)Nc1cc(C(C)NC(=O)c2cc(C)c(OCC(F)(F)C(F)F)nn2)ccn1. The molecule has 1 atom stereocenters. The Hall–Kier alpha value is -3.31. The number of hydrogen-bond donors (Lipinski definition) is 2. The number of carbonyl (C=O) groups excluding carboxylic acids is 2. The standard InChI is InChI=1S/C18H19F4N5O3/c1-9-6-13(26-27-16(9)30-8-18(21,22)17(19)20)15(29)24-10(2)12-4-5-23-14(7-12)25-11(3)28/h4-7,10,17H,8H2,1-3H3,(H,24,29)(H,23,25,28). The van der Waals surface area contributed by atoms with Crippen LogP contribution >= 0.6 is 0 Å². The molecule has 0 aliphatic rings. The average Bonchev–Trinajstić information content (AvgIpc) is 2.66. The minimum absolute atomic E-state index is 0.122. The van der Waals surface area contributed by atoms with Crippen LogP contribution in [0.5, 0.6) is 5.88 Å². The number of anilines is 1. The Morgan fingerprint density at radius 2 is 1.93 bits per heavy atom. The Morgan fingerprint density at radius 3 is 2.53 bits per heavy atom. The summed E-state index contributed by atoms with van der Waals surface area (Å²) < 4.78 is 54.9. The molecule has 12 heteroatoms. The predicted molar refractivity (Wildman–Crippen MR) is 97.6 cm³/mol. The van der Waals surface area contributed by atoms with Crippen molar-refractivity contribution in [3.05, 3.63) is 41.2 Å². The Morgan fingerprint density at radius 1 is 1.23 bits per heavy atom. The van der Waals surface area contributed by atoms with Crippen LogP contribution in [0, 0.1) is 6.92 Å². The Balaban J connectivity index is 2.05. The predicted octanol–water partition coefficient (Wildman–Crippen LogP) is 2.91. The minimum atomic E-state index is -4.33. The molecule has 2 heterocycles. The van der Waals surface area contributed by atoms with Gasteiger partial charge in [0.2, 0.25) is 11.8 Å². The van der Waals surface area contributed by atoms with Crippen molar-refractivity contribution in [3.63, 3.8) is 0 Å². The summed E-state index contributed by atoms with van der Waals surface area (Å²) in [6.07, 6.45) is -2.41. The zero-order valence-corrected chi connectivity index (χ0v) is 16.2. The number of aromatic nitrogens is 3. The quantitative estimate of drug-likeness (QED) is 0.625. The molecular weight excluding hydrogens is 410 g/mol. The third-order valence-corrected chi connectivity index (χ3v) is 3.83. The zero-order chi connectivity index (χ0) is 22.5. The summed E-state index contributed by atoms with van der Waals surface area (Å²) in [6.45, 7) is 2.87. The van der Waals surface area contributed by atoms with Crippen molar-refractivity contribution in [2.75, 3.05) is 11.9 Å². The fourth-order valence-electron chi connectivity index (χ4n) is 2.27. The number of aryl methyl sites for hydroxylation is 1. The van der Waals surface area contributed by atoms with Crippen LogP contribution in [0.1, 0.15) is 41.5 Å². The molecule has 2 amide bonds. The molecule has 2 rings (SSSR count). The van der Waals surface area contributed by atoms with Gasteiger partial charge < -0.3 is 15.4 Å². The molecule has 0 aliphatic heterocycles. The lowest BCUT2D eigenvalue weighted by molar-refractivity contribution is -0.148. The van der Waals surface area contributed by atoms with Crippen LogP contribution in [0.3, 0.4) is 0 Å². The van der Waals surface area contributed by atoms with Gasteiger partial charge >= 0.3 is 12.3 Å². The molecule has 2 aromatic rings. The van der Waals surface area contributed by atoms with Gasteiger partial charge in [-0.25, -0.2) is 13.8 Å². The fourth-order valence-corrected chi connectivity index (χ4v) is 2.27. The van der Waals surface area contributed by atoms with Gasteiger partial charge in [-0.1, -0.05) is 0 Å². The van der Waals surface area contributed by atoms with E-state index in [9.17, 15) is 27.2 Å². The van der Waals surface area contributed by atoms with Crippen molar-refractivity contribution < 1.29 is 31.9 Å². The van der Waals surface area contributed by atoms with Crippen LogP contribution in [0.2, 0.25) is 0 Å². The second-order valence-corrected chi connectivity index (χ2v) is 6.42. The molecule has 0 aliphatic carbocycles. The molecule has 0 saturated carbocycles. The maximum absolute atomic E-state index is 13.0. The Kier molecular flexibility index (Phi) is 7.24. The van der Waals surface area contributed by atoms with Crippen LogP contribution in [0.4, 0.5) is 23.4 Å². The van der Waals surface area contributed by atoms with Crippen LogP contribution in [0.15, 0.2) is 24.4 Å². The highest BCUT2D eigenvalue weighted by molar-refractivity contribution is 5.92. The summed E-state index contributed by atoms with van der Waals surface area (Å²) in [5, 5.41) is 12.3. The number of halogens is 4. The van der Waals surface area contributed by atoms with Crippen molar-refractivity contribution in [3.8, 4) is 5.88 Å². The maximum atomic E-state index is 13.0. The van der Waals surface area contributed by atoms with E-state index in [1.165, 1.54) is 26.1 Å².